The zero-order valence-corrected chi connectivity index (χ0v) is 13.9. The van der Waals surface area contributed by atoms with Gasteiger partial charge in [0.05, 0.1) is 5.54 Å². The van der Waals surface area contributed by atoms with E-state index in [-0.39, 0.29) is 5.75 Å². The van der Waals surface area contributed by atoms with Gasteiger partial charge in [0.25, 0.3) is 0 Å². The largest absolute Gasteiger partial charge is 0.508 e. The summed E-state index contributed by atoms with van der Waals surface area (Å²) in [5.74, 6) is 0.243. The van der Waals surface area contributed by atoms with Crippen LogP contribution < -0.4 is 5.32 Å². The number of carbonyl (C=O) groups excluding carboxylic acids is 1. The number of hydrogen-bond donors (Lipinski definition) is 3. The van der Waals surface area contributed by atoms with Crippen molar-refractivity contribution in [2.45, 2.75) is 45.3 Å². The summed E-state index contributed by atoms with van der Waals surface area (Å²) in [4.78, 5) is 15.1. The summed E-state index contributed by atoms with van der Waals surface area (Å²) >= 11 is 0. The molecule has 1 aliphatic rings. The van der Waals surface area contributed by atoms with E-state index in [9.17, 15) is 9.90 Å². The Balaban J connectivity index is 1.66. The quantitative estimate of drug-likeness (QED) is 0.757. The molecular weight excluding hydrogens is 292 g/mol. The minimum absolute atomic E-state index is 0.243. The number of phenols is 1. The fourth-order valence-corrected chi connectivity index (χ4v) is 2.70. The Morgan fingerprint density at radius 3 is 2.83 bits per heavy atom. The second-order valence-electron chi connectivity index (χ2n) is 7.22. The maximum Gasteiger partial charge on any atom is 0.408 e. The van der Waals surface area contributed by atoms with E-state index in [1.807, 2.05) is 46.0 Å². The number of alkyl carbamates (subject to hydrolysis) is 1. The Bertz CT molecular complexity index is 798. The Labute approximate surface area is 135 Å². The van der Waals surface area contributed by atoms with Gasteiger partial charge in [-0.2, -0.15) is 0 Å². The lowest BCUT2D eigenvalue weighted by Gasteiger charge is -2.22. The van der Waals surface area contributed by atoms with Crippen LogP contribution in [-0.4, -0.2) is 27.3 Å². The summed E-state index contributed by atoms with van der Waals surface area (Å²) in [6, 6.07) is 5.29. The molecule has 0 bridgehead atoms. The van der Waals surface area contributed by atoms with Gasteiger partial charge >= 0.3 is 6.09 Å². The first-order chi connectivity index (χ1) is 10.7. The number of ether oxygens (including phenoxy) is 1. The van der Waals surface area contributed by atoms with Crippen LogP contribution in [0.3, 0.4) is 0 Å². The molecule has 1 aromatic heterocycles. The molecule has 23 heavy (non-hydrogen) atoms. The average Bonchev–Trinajstić information content (AvgIpc) is 2.84. The van der Waals surface area contributed by atoms with Crippen molar-refractivity contribution in [1.29, 1.82) is 0 Å². The summed E-state index contributed by atoms with van der Waals surface area (Å²) in [6.07, 6.45) is 4.32. The molecule has 0 saturated heterocycles. The average molecular weight is 314 g/mol. The number of aromatic hydroxyl groups is 1. The lowest BCUT2D eigenvalue weighted by molar-refractivity contribution is 0.0506. The van der Waals surface area contributed by atoms with E-state index in [4.69, 9.17) is 4.74 Å². The lowest BCUT2D eigenvalue weighted by atomic mass is 10.0. The number of phenolic OH excluding ortho intramolecular Hbond substituents is 1. The SMILES string of the molecule is CC(C)(C)OC(=O)N[C@]1(C)C=C1Cc1c[nH]c2cc(O)ccc12. The van der Waals surface area contributed by atoms with Crippen LogP contribution in [0.15, 0.2) is 36.0 Å². The van der Waals surface area contributed by atoms with E-state index in [1.165, 1.54) is 0 Å². The number of nitrogens with one attached hydrogen (secondary N) is 2. The van der Waals surface area contributed by atoms with Gasteiger partial charge in [-0.1, -0.05) is 6.08 Å². The van der Waals surface area contributed by atoms with Gasteiger partial charge in [-0.05, 0) is 57.4 Å². The number of H-pyrrole nitrogens is 1. The number of aromatic amines is 1. The number of fused-ring (bicyclic) bond motifs is 1. The van der Waals surface area contributed by atoms with Gasteiger partial charge in [0.15, 0.2) is 0 Å². The maximum atomic E-state index is 11.9. The Morgan fingerprint density at radius 2 is 2.13 bits per heavy atom. The van der Waals surface area contributed by atoms with Gasteiger partial charge in [-0.3, -0.25) is 0 Å². The van der Waals surface area contributed by atoms with Gasteiger partial charge in [0.1, 0.15) is 11.4 Å². The molecule has 5 nitrogen and oxygen atoms in total. The second kappa shape index (κ2) is 5.05. The van der Waals surface area contributed by atoms with Gasteiger partial charge in [-0.25, -0.2) is 4.79 Å². The van der Waals surface area contributed by atoms with Crippen molar-refractivity contribution in [3.8, 4) is 5.75 Å². The number of hydrogen-bond acceptors (Lipinski definition) is 3. The van der Waals surface area contributed by atoms with Crippen LogP contribution >= 0.6 is 0 Å². The Morgan fingerprint density at radius 1 is 1.39 bits per heavy atom. The molecule has 1 aliphatic carbocycles. The molecule has 0 fully saturated rings. The predicted octanol–water partition coefficient (Wildman–Crippen LogP) is 3.64. The Kier molecular flexibility index (Phi) is 3.39. The lowest BCUT2D eigenvalue weighted by Crippen LogP contribution is -2.41. The molecule has 0 aliphatic heterocycles. The standard InChI is InChI=1S/C18H22N2O3/c1-17(2,3)23-16(22)20-18(4)9-12(18)7-11-10-19-15-8-13(21)5-6-14(11)15/h5-6,8-10,19,21H,7H2,1-4H3,(H,20,22)/t18-/m1/s1. The van der Waals surface area contributed by atoms with Crippen molar-refractivity contribution in [1.82, 2.24) is 10.3 Å². The highest BCUT2D eigenvalue weighted by Crippen LogP contribution is 2.38. The van der Waals surface area contributed by atoms with Gasteiger partial charge in [0.2, 0.25) is 0 Å². The van der Waals surface area contributed by atoms with Crippen LogP contribution in [0, 0.1) is 0 Å². The number of aromatic nitrogens is 1. The molecule has 0 unspecified atom stereocenters. The fraction of sp³-hybridized carbons (Fsp3) is 0.389. The third kappa shape index (κ3) is 3.33. The highest BCUT2D eigenvalue weighted by Gasteiger charge is 2.41. The Hall–Kier alpha value is -2.43. The summed E-state index contributed by atoms with van der Waals surface area (Å²) < 4.78 is 5.30. The van der Waals surface area contributed by atoms with Crippen molar-refractivity contribution in [3.05, 3.63) is 41.6 Å². The number of amides is 1. The van der Waals surface area contributed by atoms with Gasteiger partial charge in [0, 0.05) is 23.2 Å². The molecule has 1 heterocycles. The van der Waals surface area contributed by atoms with Crippen LogP contribution in [0.25, 0.3) is 10.9 Å². The van der Waals surface area contributed by atoms with E-state index < -0.39 is 17.2 Å². The third-order valence-corrected chi connectivity index (χ3v) is 3.94. The molecule has 1 atom stereocenters. The third-order valence-electron chi connectivity index (χ3n) is 3.94. The van der Waals surface area contributed by atoms with Crippen LogP contribution in [0.4, 0.5) is 4.79 Å². The molecule has 0 spiro atoms. The molecule has 1 aromatic carbocycles. The zero-order chi connectivity index (χ0) is 16.8. The molecule has 2 aromatic rings. The molecule has 3 N–H and O–H groups in total. The molecule has 122 valence electrons. The topological polar surface area (TPSA) is 74.3 Å². The highest BCUT2D eigenvalue weighted by molar-refractivity contribution is 5.85. The van der Waals surface area contributed by atoms with E-state index in [0.29, 0.717) is 0 Å². The van der Waals surface area contributed by atoms with Gasteiger partial charge < -0.3 is 20.1 Å². The van der Waals surface area contributed by atoms with Crippen LogP contribution in [0.5, 0.6) is 5.75 Å². The first-order valence-corrected chi connectivity index (χ1v) is 7.69. The summed E-state index contributed by atoms with van der Waals surface area (Å²) in [7, 11) is 0. The van der Waals surface area contributed by atoms with Crippen molar-refractivity contribution in [2.75, 3.05) is 0 Å². The first-order valence-electron chi connectivity index (χ1n) is 7.69. The monoisotopic (exact) mass is 314 g/mol. The zero-order valence-electron chi connectivity index (χ0n) is 13.9. The smallest absolute Gasteiger partial charge is 0.408 e. The molecule has 5 heteroatoms. The molecule has 0 saturated carbocycles. The summed E-state index contributed by atoms with van der Waals surface area (Å²) in [6.45, 7) is 7.50. The van der Waals surface area contributed by atoms with E-state index in [2.05, 4.69) is 10.3 Å². The maximum absolute atomic E-state index is 11.9. The van der Waals surface area contributed by atoms with E-state index in [1.54, 1.807) is 12.1 Å². The predicted molar refractivity (Wildman–Crippen MR) is 89.5 cm³/mol. The summed E-state index contributed by atoms with van der Waals surface area (Å²) in [5, 5.41) is 13.5. The normalized spacial score (nSPS) is 20.3. The van der Waals surface area contributed by atoms with E-state index >= 15 is 0 Å². The van der Waals surface area contributed by atoms with Crippen molar-refractivity contribution in [3.63, 3.8) is 0 Å². The molecule has 3 rings (SSSR count). The minimum Gasteiger partial charge on any atom is -0.508 e. The number of benzene rings is 1. The van der Waals surface area contributed by atoms with Crippen molar-refractivity contribution in [2.24, 2.45) is 0 Å². The van der Waals surface area contributed by atoms with Crippen LogP contribution in [-0.2, 0) is 11.2 Å². The number of carbonyl (C=O) groups is 1. The van der Waals surface area contributed by atoms with Crippen molar-refractivity contribution >= 4 is 17.0 Å². The number of rotatable bonds is 3. The minimum atomic E-state index is -0.506. The summed E-state index contributed by atoms with van der Waals surface area (Å²) in [5.41, 5.74) is 2.28. The first kappa shape index (κ1) is 15.5. The highest BCUT2D eigenvalue weighted by atomic mass is 16.6. The molecule has 0 radical (unpaired) electrons. The second-order valence-corrected chi connectivity index (χ2v) is 7.22. The van der Waals surface area contributed by atoms with Crippen molar-refractivity contribution < 1.29 is 14.6 Å². The molecule has 1 amide bonds. The van der Waals surface area contributed by atoms with Gasteiger partial charge in [-0.15, -0.1) is 0 Å². The van der Waals surface area contributed by atoms with Crippen LogP contribution in [0.1, 0.15) is 33.3 Å². The van der Waals surface area contributed by atoms with Crippen LogP contribution in [0.2, 0.25) is 0 Å². The fourth-order valence-electron chi connectivity index (χ4n) is 2.70. The van der Waals surface area contributed by atoms with E-state index in [0.717, 1.165) is 28.5 Å². The molecular formula is C18H22N2O3.